The predicted molar refractivity (Wildman–Crippen MR) is 543 cm³/mol. The predicted octanol–water partition coefficient (Wildman–Crippen LogP) is 18.2. The molecule has 13 aromatic carbocycles. The minimum absolute atomic E-state index is 0.0159. The molecule has 0 spiro atoms. The Balaban J connectivity index is 0.000000186. The molecule has 14 rings (SSSR count). The number of nitrogens with one attached hydrogen (secondary N) is 9. The number of hydrogen-bond acceptors (Lipinski definition) is 25. The van der Waals surface area contributed by atoms with Crippen LogP contribution in [0.5, 0.6) is 17.2 Å². The van der Waals surface area contributed by atoms with E-state index in [9.17, 15) is 68.2 Å². The Morgan fingerprint density at radius 1 is 0.304 bits per heavy atom. The molecule has 0 aliphatic rings. The number of benzene rings is 13. The number of hydrogen-bond donors (Lipinski definition) is 12. The highest BCUT2D eigenvalue weighted by Crippen LogP contribution is 2.44. The summed E-state index contributed by atoms with van der Waals surface area (Å²) < 4.78 is 112. The summed E-state index contributed by atoms with van der Waals surface area (Å²) >= 11 is 0. The van der Waals surface area contributed by atoms with Gasteiger partial charge in [-0.3, -0.25) is 14.4 Å². The number of H-pyrrole nitrogens is 2. The van der Waals surface area contributed by atoms with Crippen LogP contribution >= 0.6 is 0 Å². The second kappa shape index (κ2) is 48.3. The van der Waals surface area contributed by atoms with Gasteiger partial charge in [0.1, 0.15) is 17.1 Å². The van der Waals surface area contributed by atoms with E-state index in [1.807, 2.05) is 94.4 Å². The maximum Gasteiger partial charge on any atom is 0.323 e. The lowest BCUT2D eigenvalue weighted by Gasteiger charge is -2.18. The average Bonchev–Trinajstić information content (AvgIpc) is 0.845. The highest BCUT2D eigenvalue weighted by molar-refractivity contribution is 7.90. The average molecular weight is 1950 g/mol. The fourth-order valence-electron chi connectivity index (χ4n) is 15.1. The smallest absolute Gasteiger partial charge is 0.323 e. The van der Waals surface area contributed by atoms with Gasteiger partial charge in [-0.1, -0.05) is 165 Å². The summed E-state index contributed by atoms with van der Waals surface area (Å²) in [7, 11) is -14.8. The van der Waals surface area contributed by atoms with E-state index < -0.39 is 63.6 Å². The van der Waals surface area contributed by atoms with Gasteiger partial charge in [-0.05, 0) is 239 Å². The number of fused-ring (bicyclic) bond motifs is 5. The van der Waals surface area contributed by atoms with Crippen LogP contribution in [-0.2, 0) is 40.1 Å². The topological polar surface area (TPSA) is 468 Å². The number of likely N-dealkylation sites (N-methyl/N-ethyl adjacent to an activating group) is 2. The third-order valence-electron chi connectivity index (χ3n) is 23.1. The number of azo groups is 3. The number of imidazole rings is 1. The Bertz CT molecular complexity index is 7280. The van der Waals surface area contributed by atoms with E-state index in [-0.39, 0.29) is 77.1 Å². The SMILES string of the molecule is CCN(CC)CCCNS(=O)(=O)c1ccc(NC(=O)c2cc3ccccc3c(N=Nc3ccc(S(=O)(=O)NCCN(CC)CC)cc3)c2O)cc1.CCN(CC)CCCNS(=O)(=O)c1ccc(NC(=O)c2cc3ccccc3c(N=Nc3cccc4ccccc34)c2O)cc1.CCN(CC)CCNS(=O)(=O)c1ccc(N=Nc2c(O)c(C(=O)Nc3ccc4[nH]c(=O)[nH]c4c3)cc3ccccc23)cc1. The van der Waals surface area contributed by atoms with Crippen molar-refractivity contribution in [3.05, 3.63) is 276 Å². The molecule has 14 aromatic rings. The Kier molecular flexibility index (Phi) is 36.1. The largest absolute Gasteiger partial charge is 0.505 e. The van der Waals surface area contributed by atoms with E-state index >= 15 is 0 Å². The number of carbonyl (C=O) groups is 3. The summed E-state index contributed by atoms with van der Waals surface area (Å²) in [6, 6.07) is 68.0. The van der Waals surface area contributed by atoms with Crippen molar-refractivity contribution in [1.29, 1.82) is 0 Å². The molecule has 12 N–H and O–H groups in total. The zero-order chi connectivity index (χ0) is 98.7. The van der Waals surface area contributed by atoms with Gasteiger partial charge in [-0.25, -0.2) is 57.4 Å². The van der Waals surface area contributed by atoms with Crippen LogP contribution in [0.2, 0.25) is 0 Å². The Labute approximate surface area is 802 Å². The molecule has 0 atom stereocenters. The second-order valence-electron chi connectivity index (χ2n) is 31.8. The molecule has 0 radical (unpaired) electrons. The molecular formula is C100H113N19O15S4. The molecule has 1 aromatic heterocycles. The van der Waals surface area contributed by atoms with Gasteiger partial charge in [0.15, 0.2) is 17.2 Å². The van der Waals surface area contributed by atoms with Crippen molar-refractivity contribution in [3.63, 3.8) is 0 Å². The maximum atomic E-state index is 13.4. The number of amides is 3. The first-order chi connectivity index (χ1) is 66.4. The fourth-order valence-corrected chi connectivity index (χ4v) is 19.3. The third kappa shape index (κ3) is 27.0. The first-order valence-electron chi connectivity index (χ1n) is 45.3. The number of sulfonamides is 4. The number of aromatic hydroxyl groups is 3. The third-order valence-corrected chi connectivity index (χ3v) is 29.0. The molecule has 138 heavy (non-hydrogen) atoms. The lowest BCUT2D eigenvalue weighted by atomic mass is 10.0. The lowest BCUT2D eigenvalue weighted by Crippen LogP contribution is -2.34. The number of phenols is 3. The van der Waals surface area contributed by atoms with Crippen LogP contribution in [0, 0.1) is 0 Å². The molecule has 722 valence electrons. The van der Waals surface area contributed by atoms with Crippen molar-refractivity contribution in [1.82, 2.24) is 48.5 Å². The molecular weight excluding hydrogens is 1840 g/mol. The van der Waals surface area contributed by atoms with Crippen LogP contribution in [0.15, 0.2) is 304 Å². The van der Waals surface area contributed by atoms with Gasteiger partial charge >= 0.3 is 5.69 Å². The summed E-state index contributed by atoms with van der Waals surface area (Å²) in [5.74, 6) is -2.87. The standard InChI is InChI=1S/C36H47N7O6S2.C34H35N5O4S.C30H31N7O5S/c1-5-42(6-2)24-11-22-37-50(46,47)30-18-14-28(15-19-30)39-36(45)33-26-27-12-9-10-13-32(27)34(35(33)44)41-40-29-16-20-31(21-17-29)51(48,49)38-23-25-43(7-3)8-4;1-3-39(4-2)22-10-21-35-44(42,43)27-19-17-26(18-20-27)36-34(41)30-23-25-12-6-8-15-29(25)32(33(30)40)38-37-31-16-9-13-24-11-5-7-14-28(24)31;1-3-37(4-2)16-15-31-43(41,42)22-12-9-20(10-13-22)35-36-27-23-8-6-5-7-19(23)17-24(28(27)38)29(39)32-21-11-14-25-26(18-21)34-30(40)33-25/h9-10,12-21,26,37-38,44H,5-8,11,22-25H2,1-4H3,(H,39,45);5-9,11-20,23,35,40H,3-4,10,21-22H2,1-2H3,(H,36,41);5-14,17-18,31,38H,3-4,15-16H2,1-2H3,(H,32,39)(H2,33,34,40). The molecule has 0 fully saturated rings. The van der Waals surface area contributed by atoms with Crippen molar-refractivity contribution in [2.24, 2.45) is 30.7 Å². The maximum absolute atomic E-state index is 13.4. The fraction of sp³-hybridized carbons (Fsp3) is 0.260. The van der Waals surface area contributed by atoms with E-state index in [2.05, 4.69) is 123 Å². The molecule has 0 unspecified atom stereocenters. The summed E-state index contributed by atoms with van der Waals surface area (Å²) in [5.41, 5.74) is 3.45. The van der Waals surface area contributed by atoms with Gasteiger partial charge in [0.25, 0.3) is 17.7 Å². The Morgan fingerprint density at radius 2 is 0.601 bits per heavy atom. The normalized spacial score (nSPS) is 12.1. The molecule has 34 nitrogen and oxygen atoms in total. The number of aromatic nitrogens is 2. The molecule has 0 saturated heterocycles. The van der Waals surface area contributed by atoms with Gasteiger partial charge in [0.2, 0.25) is 40.1 Å². The molecule has 0 bridgehead atoms. The minimum Gasteiger partial charge on any atom is -0.505 e. The zero-order valence-corrected chi connectivity index (χ0v) is 81.0. The first kappa shape index (κ1) is 103. The van der Waals surface area contributed by atoms with Gasteiger partial charge in [0, 0.05) is 77.9 Å². The molecule has 0 aliphatic carbocycles. The summed E-state index contributed by atoms with van der Waals surface area (Å²) in [4.78, 5) is 65.9. The van der Waals surface area contributed by atoms with Crippen LogP contribution in [0.3, 0.4) is 0 Å². The molecule has 1 heterocycles. The summed E-state index contributed by atoms with van der Waals surface area (Å²) in [6.45, 7) is 27.4. The van der Waals surface area contributed by atoms with E-state index in [1.54, 1.807) is 78.9 Å². The van der Waals surface area contributed by atoms with Crippen LogP contribution in [-0.4, -0.2) is 201 Å². The van der Waals surface area contributed by atoms with E-state index in [0.29, 0.717) is 123 Å². The molecule has 0 saturated carbocycles. The Morgan fingerprint density at radius 3 is 0.971 bits per heavy atom. The van der Waals surface area contributed by atoms with Gasteiger partial charge in [-0.2, -0.15) is 10.2 Å². The van der Waals surface area contributed by atoms with Crippen molar-refractivity contribution in [2.45, 2.75) is 87.8 Å². The summed E-state index contributed by atoms with van der Waals surface area (Å²) in [6.07, 6.45) is 1.38. The highest BCUT2D eigenvalue weighted by atomic mass is 32.2. The Hall–Kier alpha value is -13.7. The van der Waals surface area contributed by atoms with E-state index in [4.69, 9.17) is 0 Å². The van der Waals surface area contributed by atoms with Crippen LogP contribution in [0.25, 0.3) is 54.1 Å². The van der Waals surface area contributed by atoms with E-state index in [0.717, 1.165) is 76.2 Å². The number of aromatic amines is 2. The van der Waals surface area contributed by atoms with Crippen molar-refractivity contribution >= 4 is 163 Å². The molecule has 3 amide bonds. The van der Waals surface area contributed by atoms with Gasteiger partial charge in [0.05, 0.1) is 64.4 Å². The van der Waals surface area contributed by atoms with Crippen LogP contribution in [0.1, 0.15) is 99.3 Å². The lowest BCUT2D eigenvalue weighted by molar-refractivity contribution is 0.101. The second-order valence-corrected chi connectivity index (χ2v) is 38.8. The first-order valence-corrected chi connectivity index (χ1v) is 51.3. The number of rotatable bonds is 42. The zero-order valence-electron chi connectivity index (χ0n) is 77.7. The van der Waals surface area contributed by atoms with E-state index in [1.165, 1.54) is 103 Å². The van der Waals surface area contributed by atoms with Crippen molar-refractivity contribution in [3.8, 4) is 17.2 Å². The van der Waals surface area contributed by atoms with Crippen molar-refractivity contribution in [2.75, 3.05) is 121 Å². The van der Waals surface area contributed by atoms with Gasteiger partial charge in [-0.15, -0.1) is 20.5 Å². The van der Waals surface area contributed by atoms with Crippen molar-refractivity contribution < 1.29 is 63.4 Å². The number of carbonyl (C=O) groups excluding carboxylic acids is 3. The molecule has 38 heteroatoms. The van der Waals surface area contributed by atoms with Crippen LogP contribution in [0.4, 0.5) is 51.2 Å². The number of anilines is 3. The number of nitrogens with zero attached hydrogens (tertiary/aromatic N) is 10. The minimum atomic E-state index is -3.73. The molecule has 0 aliphatic heterocycles. The highest BCUT2D eigenvalue weighted by Gasteiger charge is 2.26. The van der Waals surface area contributed by atoms with Crippen LogP contribution < -0.4 is 40.5 Å². The monoisotopic (exact) mass is 1950 g/mol. The van der Waals surface area contributed by atoms with Gasteiger partial charge < -0.3 is 60.8 Å². The number of phenolic OH excluding ortho intramolecular Hbond substituents is 3. The summed E-state index contributed by atoms with van der Waals surface area (Å²) in [5, 5.41) is 73.3. The quantitative estimate of drug-likeness (QED) is 0.0125.